The molecule has 0 aliphatic carbocycles. The molecule has 1 atom stereocenters. The molecule has 3 aromatic carbocycles. The van der Waals surface area contributed by atoms with Crippen molar-refractivity contribution in [1.82, 2.24) is 0 Å². The third kappa shape index (κ3) is 3.90. The van der Waals surface area contributed by atoms with E-state index in [1.165, 1.54) is 12.1 Å². The first-order chi connectivity index (χ1) is 14.5. The lowest BCUT2D eigenvalue weighted by Crippen LogP contribution is -2.35. The highest BCUT2D eigenvalue weighted by molar-refractivity contribution is 6.32. The first kappa shape index (κ1) is 20.0. The van der Waals surface area contributed by atoms with E-state index in [9.17, 15) is 4.39 Å². The Labute approximate surface area is 178 Å². The van der Waals surface area contributed by atoms with Gasteiger partial charge in [0.2, 0.25) is 0 Å². The predicted octanol–water partition coefficient (Wildman–Crippen LogP) is 4.79. The molecule has 0 radical (unpaired) electrons. The van der Waals surface area contributed by atoms with Crippen LogP contribution in [0, 0.1) is 5.82 Å². The second kappa shape index (κ2) is 8.22. The van der Waals surface area contributed by atoms with Crippen molar-refractivity contribution in [1.29, 1.82) is 0 Å². The number of nitrogens with two attached hydrogens (primary N) is 2. The minimum atomic E-state index is -0.499. The van der Waals surface area contributed by atoms with Gasteiger partial charge in [-0.15, -0.1) is 0 Å². The van der Waals surface area contributed by atoms with E-state index >= 15 is 0 Å². The number of benzene rings is 3. The molecule has 4 rings (SSSR count). The lowest BCUT2D eigenvalue weighted by molar-refractivity contribution is 0.306. The van der Waals surface area contributed by atoms with Crippen LogP contribution >= 0.6 is 11.6 Å². The van der Waals surface area contributed by atoms with Gasteiger partial charge in [0.1, 0.15) is 30.1 Å². The molecule has 6 nitrogen and oxygen atoms in total. The van der Waals surface area contributed by atoms with Gasteiger partial charge in [0.15, 0.2) is 0 Å². The van der Waals surface area contributed by atoms with E-state index in [0.717, 1.165) is 11.3 Å². The summed E-state index contributed by atoms with van der Waals surface area (Å²) < 4.78 is 24.3. The standard InChI is InChI=1S/C22H20ClFN4O2/c1-29-21-10-19-16(9-18(21)25)22(26)28(12-27-19)15-5-6-20(17(23)8-15)30-11-13-3-2-4-14(24)7-13/h2-10,12,22H,11,25-26H2,1H3. The van der Waals surface area contributed by atoms with Crippen LogP contribution in [0.4, 0.5) is 21.5 Å². The number of methoxy groups -OCH3 is 1. The molecule has 0 saturated carbocycles. The van der Waals surface area contributed by atoms with Crippen molar-refractivity contribution in [2.24, 2.45) is 10.7 Å². The SMILES string of the molecule is COc1cc2c(cc1N)C(N)N(c1ccc(OCc3cccc(F)c3)c(Cl)c1)C=N2. The summed E-state index contributed by atoms with van der Waals surface area (Å²) in [4.78, 5) is 6.25. The quantitative estimate of drug-likeness (QED) is 0.573. The van der Waals surface area contributed by atoms with E-state index in [-0.39, 0.29) is 12.4 Å². The molecule has 30 heavy (non-hydrogen) atoms. The maximum atomic E-state index is 13.3. The number of rotatable bonds is 5. The Bertz CT molecular complexity index is 1120. The van der Waals surface area contributed by atoms with Gasteiger partial charge in [-0.25, -0.2) is 9.38 Å². The van der Waals surface area contributed by atoms with E-state index in [0.29, 0.717) is 33.5 Å². The second-order valence-corrected chi connectivity index (χ2v) is 7.19. The summed E-state index contributed by atoms with van der Waals surface area (Å²) in [5, 5.41) is 0.407. The first-order valence-electron chi connectivity index (χ1n) is 9.18. The zero-order valence-electron chi connectivity index (χ0n) is 16.2. The molecule has 1 heterocycles. The first-order valence-corrected chi connectivity index (χ1v) is 9.56. The maximum absolute atomic E-state index is 13.3. The van der Waals surface area contributed by atoms with Crippen molar-refractivity contribution in [3.63, 3.8) is 0 Å². The van der Waals surface area contributed by atoms with Crippen molar-refractivity contribution >= 4 is 35.0 Å². The Morgan fingerprint density at radius 1 is 1.13 bits per heavy atom. The Kier molecular flexibility index (Phi) is 5.48. The summed E-state index contributed by atoms with van der Waals surface area (Å²) in [6.45, 7) is 0.204. The number of aliphatic imine (C=N–C) groups is 1. The number of nitrogens with zero attached hydrogens (tertiary/aromatic N) is 2. The molecule has 154 valence electrons. The molecular weight excluding hydrogens is 407 g/mol. The third-order valence-corrected chi connectivity index (χ3v) is 5.11. The molecule has 8 heteroatoms. The molecule has 0 spiro atoms. The van der Waals surface area contributed by atoms with Crippen molar-refractivity contribution in [2.45, 2.75) is 12.8 Å². The van der Waals surface area contributed by atoms with Crippen LogP contribution < -0.4 is 25.8 Å². The van der Waals surface area contributed by atoms with Crippen LogP contribution in [0.15, 0.2) is 59.6 Å². The highest BCUT2D eigenvalue weighted by Crippen LogP contribution is 2.39. The van der Waals surface area contributed by atoms with Crippen LogP contribution in [0.1, 0.15) is 17.3 Å². The van der Waals surface area contributed by atoms with Crippen LogP contribution in [-0.4, -0.2) is 13.4 Å². The van der Waals surface area contributed by atoms with Gasteiger partial charge in [-0.1, -0.05) is 23.7 Å². The number of anilines is 2. The summed E-state index contributed by atoms with van der Waals surface area (Å²) in [5.74, 6) is 0.727. The zero-order chi connectivity index (χ0) is 21.3. The fourth-order valence-electron chi connectivity index (χ4n) is 3.26. The largest absolute Gasteiger partial charge is 0.495 e. The third-order valence-electron chi connectivity index (χ3n) is 4.82. The Morgan fingerprint density at radius 3 is 2.70 bits per heavy atom. The average molecular weight is 427 g/mol. The summed E-state index contributed by atoms with van der Waals surface area (Å²) in [5.41, 5.74) is 15.9. The van der Waals surface area contributed by atoms with Crippen molar-refractivity contribution in [3.05, 3.63) is 76.6 Å². The highest BCUT2D eigenvalue weighted by Gasteiger charge is 2.24. The van der Waals surface area contributed by atoms with Crippen LogP contribution in [0.2, 0.25) is 5.02 Å². The van der Waals surface area contributed by atoms with Gasteiger partial charge in [0.05, 0.1) is 29.8 Å². The molecule has 4 N–H and O–H groups in total. The molecule has 0 bridgehead atoms. The predicted molar refractivity (Wildman–Crippen MR) is 117 cm³/mol. The fourth-order valence-corrected chi connectivity index (χ4v) is 3.49. The maximum Gasteiger partial charge on any atom is 0.143 e. The molecule has 1 unspecified atom stereocenters. The van der Waals surface area contributed by atoms with Crippen LogP contribution in [-0.2, 0) is 6.61 Å². The topological polar surface area (TPSA) is 86.1 Å². The summed E-state index contributed by atoms with van der Waals surface area (Å²) in [6.07, 6.45) is 1.14. The lowest BCUT2D eigenvalue weighted by atomic mass is 10.1. The van der Waals surface area contributed by atoms with E-state index in [2.05, 4.69) is 4.99 Å². The molecular formula is C22H20ClFN4O2. The van der Waals surface area contributed by atoms with E-state index in [1.807, 2.05) is 6.07 Å². The summed E-state index contributed by atoms with van der Waals surface area (Å²) in [6, 6.07) is 15.1. The summed E-state index contributed by atoms with van der Waals surface area (Å²) >= 11 is 6.41. The normalized spacial score (nSPS) is 15.1. The Balaban J connectivity index is 1.54. The van der Waals surface area contributed by atoms with Crippen LogP contribution in [0.25, 0.3) is 0 Å². The average Bonchev–Trinajstić information content (AvgIpc) is 2.73. The number of fused-ring (bicyclic) bond motifs is 1. The van der Waals surface area contributed by atoms with Gasteiger partial charge in [-0.3, -0.25) is 0 Å². The minimum absolute atomic E-state index is 0.204. The van der Waals surface area contributed by atoms with Crippen LogP contribution in [0.5, 0.6) is 11.5 Å². The van der Waals surface area contributed by atoms with Gasteiger partial charge in [-0.05, 0) is 42.0 Å². The number of hydrogen-bond donors (Lipinski definition) is 2. The molecule has 1 aliphatic rings. The van der Waals surface area contributed by atoms with Crippen LogP contribution in [0.3, 0.4) is 0 Å². The number of halogens is 2. The molecule has 0 fully saturated rings. The van der Waals surface area contributed by atoms with Gasteiger partial charge in [0, 0.05) is 17.3 Å². The molecule has 0 aromatic heterocycles. The molecule has 3 aromatic rings. The number of hydrogen-bond acceptors (Lipinski definition) is 6. The molecule has 0 saturated heterocycles. The van der Waals surface area contributed by atoms with Gasteiger partial charge >= 0.3 is 0 Å². The fraction of sp³-hybridized carbons (Fsp3) is 0.136. The van der Waals surface area contributed by atoms with Crippen molar-refractivity contribution in [2.75, 3.05) is 17.7 Å². The van der Waals surface area contributed by atoms with E-state index < -0.39 is 6.17 Å². The summed E-state index contributed by atoms with van der Waals surface area (Å²) in [7, 11) is 1.55. The second-order valence-electron chi connectivity index (χ2n) is 6.78. The molecule has 1 aliphatic heterocycles. The number of ether oxygens (including phenoxy) is 2. The Morgan fingerprint density at radius 2 is 1.97 bits per heavy atom. The van der Waals surface area contributed by atoms with E-state index in [1.54, 1.807) is 54.7 Å². The van der Waals surface area contributed by atoms with Gasteiger partial charge in [-0.2, -0.15) is 0 Å². The molecule has 0 amide bonds. The Hall–Kier alpha value is -3.29. The van der Waals surface area contributed by atoms with Gasteiger partial charge < -0.3 is 25.8 Å². The smallest absolute Gasteiger partial charge is 0.143 e. The zero-order valence-corrected chi connectivity index (χ0v) is 16.9. The highest BCUT2D eigenvalue weighted by atomic mass is 35.5. The van der Waals surface area contributed by atoms with E-state index in [4.69, 9.17) is 32.5 Å². The van der Waals surface area contributed by atoms with Crippen molar-refractivity contribution < 1.29 is 13.9 Å². The van der Waals surface area contributed by atoms with Crippen molar-refractivity contribution in [3.8, 4) is 11.5 Å². The minimum Gasteiger partial charge on any atom is -0.495 e. The number of nitrogen functional groups attached to an aromatic ring is 1. The monoisotopic (exact) mass is 426 g/mol. The van der Waals surface area contributed by atoms with Gasteiger partial charge in [0.25, 0.3) is 0 Å². The lowest BCUT2D eigenvalue weighted by Gasteiger charge is -2.31.